The maximum atomic E-state index is 11.7. The largest absolute Gasteiger partial charge is 0.392 e. The molecule has 4 nitrogen and oxygen atoms in total. The zero-order valence-corrected chi connectivity index (χ0v) is 15.3. The molecule has 5 fully saturated rings. The number of benzene rings is 1. The van der Waals surface area contributed by atoms with Crippen LogP contribution in [0.5, 0.6) is 0 Å². The molecule has 4 heteroatoms. The Kier molecular flexibility index (Phi) is 2.54. The van der Waals surface area contributed by atoms with Crippen molar-refractivity contribution in [3.63, 3.8) is 0 Å². The topological polar surface area (TPSA) is 43.7 Å². The van der Waals surface area contributed by atoms with Crippen LogP contribution in [0, 0.1) is 17.8 Å². The van der Waals surface area contributed by atoms with E-state index in [-0.39, 0.29) is 17.7 Å². The van der Waals surface area contributed by atoms with Gasteiger partial charge in [0, 0.05) is 37.4 Å². The molecule has 2 N–H and O–H groups in total. The van der Waals surface area contributed by atoms with Gasteiger partial charge in [0.05, 0.1) is 30.7 Å². The normalized spacial score (nSPS) is 57.1. The van der Waals surface area contributed by atoms with Crippen molar-refractivity contribution >= 4 is 5.69 Å². The molecule has 1 aromatic carbocycles. The lowest BCUT2D eigenvalue weighted by Gasteiger charge is -2.66. The highest BCUT2D eigenvalue weighted by Crippen LogP contribution is 2.70. The molecule has 6 aliphatic rings. The average Bonchev–Trinajstić information content (AvgIpc) is 2.99. The number of quaternary nitrogens is 1. The summed E-state index contributed by atoms with van der Waals surface area (Å²) in [5.74, 6) is 1.17. The van der Waals surface area contributed by atoms with E-state index in [0.717, 1.165) is 23.7 Å². The van der Waals surface area contributed by atoms with Crippen molar-refractivity contribution in [1.82, 2.24) is 0 Å². The second-order valence-electron chi connectivity index (χ2n) is 9.58. The van der Waals surface area contributed by atoms with Gasteiger partial charge in [-0.3, -0.25) is 4.48 Å². The third-order valence-electron chi connectivity index (χ3n) is 9.39. The van der Waals surface area contributed by atoms with Crippen LogP contribution in [-0.2, 0) is 5.41 Å². The van der Waals surface area contributed by atoms with Crippen LogP contribution in [0.2, 0.25) is 0 Å². The van der Waals surface area contributed by atoms with Gasteiger partial charge < -0.3 is 15.1 Å². The number of likely N-dealkylation sites (N-methyl/N-ethyl adjacent to an activating group) is 2. The maximum Gasteiger partial charge on any atom is 0.193 e. The van der Waals surface area contributed by atoms with E-state index < -0.39 is 0 Å². The molecule has 5 heterocycles. The lowest BCUT2D eigenvalue weighted by molar-refractivity contribution is -1.02. The summed E-state index contributed by atoms with van der Waals surface area (Å²) >= 11 is 0. The van der Waals surface area contributed by atoms with E-state index in [1.807, 2.05) is 0 Å². The van der Waals surface area contributed by atoms with Crippen molar-refractivity contribution < 1.29 is 14.7 Å². The zero-order valence-electron chi connectivity index (χ0n) is 15.3. The quantitative estimate of drug-likeness (QED) is 0.764. The van der Waals surface area contributed by atoms with Crippen molar-refractivity contribution in [2.45, 2.75) is 62.1 Å². The Labute approximate surface area is 149 Å². The summed E-state index contributed by atoms with van der Waals surface area (Å²) in [4.78, 5) is 2.44. The first-order valence-electron chi connectivity index (χ1n) is 10.0. The number of nitrogens with zero attached hydrogens (tertiary/aromatic N) is 2. The number of fused-ring (bicyclic) bond motifs is 2. The molecule has 0 radical (unpaired) electrons. The summed E-state index contributed by atoms with van der Waals surface area (Å²) in [7, 11) is 4.51. The van der Waals surface area contributed by atoms with Crippen LogP contribution in [0.4, 0.5) is 5.69 Å². The first-order chi connectivity index (χ1) is 12.0. The van der Waals surface area contributed by atoms with E-state index in [9.17, 15) is 10.2 Å². The van der Waals surface area contributed by atoms with Gasteiger partial charge >= 0.3 is 0 Å². The number of rotatable bonds is 1. The monoisotopic (exact) mass is 341 g/mol. The molecule has 1 aromatic rings. The average molecular weight is 341 g/mol. The molecule has 25 heavy (non-hydrogen) atoms. The Morgan fingerprint density at radius 1 is 1.24 bits per heavy atom. The van der Waals surface area contributed by atoms with Crippen molar-refractivity contribution in [2.75, 3.05) is 19.0 Å². The molecule has 5 aliphatic heterocycles. The zero-order chi connectivity index (χ0) is 17.3. The molecule has 5 bridgehead atoms. The fourth-order valence-corrected chi connectivity index (χ4v) is 8.58. The molecule has 10 atom stereocenters. The first-order valence-corrected chi connectivity index (χ1v) is 10.0. The van der Waals surface area contributed by atoms with Crippen LogP contribution in [0.25, 0.3) is 0 Å². The highest BCUT2D eigenvalue weighted by atomic mass is 16.3. The highest BCUT2D eigenvalue weighted by molar-refractivity contribution is 5.66. The maximum absolute atomic E-state index is 11.7. The smallest absolute Gasteiger partial charge is 0.193 e. The van der Waals surface area contributed by atoms with E-state index in [0.29, 0.717) is 35.9 Å². The second kappa shape index (κ2) is 4.24. The Hall–Kier alpha value is -1.10. The van der Waals surface area contributed by atoms with Gasteiger partial charge in [0.25, 0.3) is 0 Å². The Morgan fingerprint density at radius 2 is 2.00 bits per heavy atom. The van der Waals surface area contributed by atoms with Gasteiger partial charge in [-0.1, -0.05) is 25.1 Å². The fourth-order valence-electron chi connectivity index (χ4n) is 8.58. The van der Waals surface area contributed by atoms with E-state index in [1.165, 1.54) is 11.3 Å². The Balaban J connectivity index is 1.63. The molecule has 134 valence electrons. The standard InChI is InChI=1S/C21H29N2O2/c1-4-11-12-9-15-18-21(13-7-5-6-8-14(13)22(18)2)10-16(17(12)19(21)24)23(15,3)20(11)25/h5-8,11-12,15-20,24-25H,4,9-10H2,1-3H3/q+1/t11-,12+,15+,16-,17-,18-,19-,20+,21+,23?/m0/s1. The first kappa shape index (κ1) is 15.0. The van der Waals surface area contributed by atoms with Crippen LogP contribution in [0.3, 0.4) is 0 Å². The molecule has 1 unspecified atom stereocenters. The lowest BCUT2D eigenvalue weighted by Crippen LogP contribution is -2.81. The van der Waals surface area contributed by atoms with Gasteiger partial charge in [0.15, 0.2) is 6.23 Å². The molecule has 1 saturated carbocycles. The van der Waals surface area contributed by atoms with Crippen molar-refractivity contribution in [3.05, 3.63) is 29.8 Å². The van der Waals surface area contributed by atoms with Gasteiger partial charge in [-0.2, -0.15) is 0 Å². The highest BCUT2D eigenvalue weighted by Gasteiger charge is 2.82. The molecule has 4 saturated heterocycles. The van der Waals surface area contributed by atoms with Gasteiger partial charge in [-0.25, -0.2) is 0 Å². The number of hydrogen-bond donors (Lipinski definition) is 2. The molecule has 0 aromatic heterocycles. The third kappa shape index (κ3) is 1.27. The summed E-state index contributed by atoms with van der Waals surface area (Å²) < 4.78 is 0.779. The third-order valence-corrected chi connectivity index (χ3v) is 9.39. The van der Waals surface area contributed by atoms with Crippen LogP contribution in [0.1, 0.15) is 31.7 Å². The minimum absolute atomic E-state index is 0.125. The molecule has 7 rings (SSSR count). The number of anilines is 1. The molecular weight excluding hydrogens is 312 g/mol. The van der Waals surface area contributed by atoms with E-state index in [2.05, 4.69) is 50.2 Å². The van der Waals surface area contributed by atoms with Crippen LogP contribution >= 0.6 is 0 Å². The van der Waals surface area contributed by atoms with E-state index in [4.69, 9.17) is 0 Å². The van der Waals surface area contributed by atoms with Crippen molar-refractivity contribution in [3.8, 4) is 0 Å². The van der Waals surface area contributed by atoms with Gasteiger partial charge in [0.2, 0.25) is 0 Å². The number of para-hydroxylation sites is 1. The van der Waals surface area contributed by atoms with Crippen LogP contribution in [0.15, 0.2) is 24.3 Å². The molecular formula is C21H29N2O2+. The predicted molar refractivity (Wildman–Crippen MR) is 96.1 cm³/mol. The van der Waals surface area contributed by atoms with Crippen molar-refractivity contribution in [1.29, 1.82) is 0 Å². The number of hydrogen-bond acceptors (Lipinski definition) is 3. The number of aliphatic hydroxyl groups is 2. The molecule has 1 aliphatic carbocycles. The fraction of sp³-hybridized carbons (Fsp3) is 0.714. The Morgan fingerprint density at radius 3 is 2.76 bits per heavy atom. The minimum atomic E-state index is -0.273. The minimum Gasteiger partial charge on any atom is -0.392 e. The van der Waals surface area contributed by atoms with Gasteiger partial charge in [-0.05, 0) is 24.0 Å². The predicted octanol–water partition coefficient (Wildman–Crippen LogP) is 1.70. The summed E-state index contributed by atoms with van der Waals surface area (Å²) in [6.45, 7) is 2.21. The summed E-state index contributed by atoms with van der Waals surface area (Å²) in [5.41, 5.74) is 2.54. The lowest BCUT2D eigenvalue weighted by atomic mass is 9.61. The Bertz CT molecular complexity index is 768. The summed E-state index contributed by atoms with van der Waals surface area (Å²) in [6.07, 6.45) is 2.67. The molecule has 1 spiro atoms. The van der Waals surface area contributed by atoms with Gasteiger partial charge in [0.1, 0.15) is 6.04 Å². The summed E-state index contributed by atoms with van der Waals surface area (Å²) in [6, 6.07) is 9.87. The number of aliphatic hydroxyl groups excluding tert-OH is 2. The van der Waals surface area contributed by atoms with Crippen molar-refractivity contribution in [2.24, 2.45) is 17.8 Å². The van der Waals surface area contributed by atoms with E-state index in [1.54, 1.807) is 0 Å². The second-order valence-corrected chi connectivity index (χ2v) is 9.58. The van der Waals surface area contributed by atoms with Crippen LogP contribution in [-0.4, -0.2) is 59.2 Å². The molecule has 0 amide bonds. The SMILES string of the molecule is CC[C@H]1[C@H]2C[C@@H]3[C@@H]4N(C)c5ccccc5[C@]45C[C@@H]([C@H]2[C@@H]5O)[N+]3(C)[C@@H]1O. The van der Waals surface area contributed by atoms with Gasteiger partial charge in [-0.15, -0.1) is 0 Å². The van der Waals surface area contributed by atoms with E-state index >= 15 is 0 Å². The summed E-state index contributed by atoms with van der Waals surface area (Å²) in [5, 5.41) is 23.1. The van der Waals surface area contributed by atoms with Crippen LogP contribution < -0.4 is 4.90 Å². The number of piperidine rings is 4.